The van der Waals surface area contributed by atoms with Crippen molar-refractivity contribution in [3.63, 3.8) is 0 Å². The Labute approximate surface area is 173 Å². The highest BCUT2D eigenvalue weighted by atomic mass is 32.2. The molecule has 0 radical (unpaired) electrons. The number of halogens is 1. The van der Waals surface area contributed by atoms with Crippen molar-refractivity contribution in [1.82, 2.24) is 15.0 Å². The second-order valence-corrected chi connectivity index (χ2v) is 8.44. The summed E-state index contributed by atoms with van der Waals surface area (Å²) >= 11 is 0. The monoisotopic (exact) mass is 441 g/mol. The van der Waals surface area contributed by atoms with Crippen molar-refractivity contribution in [2.24, 2.45) is 11.1 Å². The maximum atomic E-state index is 13.5. The van der Waals surface area contributed by atoms with Crippen LogP contribution >= 0.6 is 0 Å². The molecule has 0 aliphatic heterocycles. The number of nitrogens with one attached hydrogen (secondary N) is 4. The van der Waals surface area contributed by atoms with E-state index < -0.39 is 16.0 Å². The molecular weight excluding hydrogens is 417 g/mol. The number of hydrogen-bond acceptors (Lipinski definition) is 8. The van der Waals surface area contributed by atoms with Crippen LogP contribution in [-0.4, -0.2) is 44.3 Å². The van der Waals surface area contributed by atoms with Crippen LogP contribution < -0.4 is 25.2 Å². The summed E-state index contributed by atoms with van der Waals surface area (Å²) in [6, 6.07) is 4.23. The minimum atomic E-state index is -3.68. The maximum absolute atomic E-state index is 13.5. The molecule has 11 nitrogen and oxygen atoms in total. The fourth-order valence-corrected chi connectivity index (χ4v) is 3.79. The molecule has 3 rings (SSSR count). The molecule has 6 N–H and O–H groups in total. The average molecular weight is 441 g/mol. The number of anilines is 2. The van der Waals surface area contributed by atoms with Crippen molar-refractivity contribution in [3.8, 4) is 5.75 Å². The van der Waals surface area contributed by atoms with Crippen LogP contribution in [-0.2, 0) is 10.2 Å². The van der Waals surface area contributed by atoms with Crippen molar-refractivity contribution >= 4 is 27.6 Å². The highest BCUT2D eigenvalue weighted by Gasteiger charge is 2.25. The molecule has 0 spiro atoms. The third kappa shape index (κ3) is 5.87. The van der Waals surface area contributed by atoms with Gasteiger partial charge in [-0.25, -0.2) is 18.9 Å². The number of aromatic nitrogens is 2. The van der Waals surface area contributed by atoms with E-state index in [1.165, 1.54) is 25.3 Å². The van der Waals surface area contributed by atoms with Gasteiger partial charge in [-0.2, -0.15) is 8.42 Å². The van der Waals surface area contributed by atoms with Gasteiger partial charge in [-0.3, -0.25) is 5.41 Å². The van der Waals surface area contributed by atoms with Crippen LogP contribution in [0.5, 0.6) is 5.75 Å². The number of rotatable bonds is 8. The third-order valence-corrected chi connectivity index (χ3v) is 5.48. The Morgan fingerprint density at radius 3 is 2.73 bits per heavy atom. The number of benzene rings is 1. The Kier molecular flexibility index (Phi) is 6.84. The molecular formula is C17H24FN7O4S. The van der Waals surface area contributed by atoms with Crippen LogP contribution in [0.1, 0.15) is 31.4 Å². The van der Waals surface area contributed by atoms with Gasteiger partial charge in [0.1, 0.15) is 0 Å². The van der Waals surface area contributed by atoms with Crippen LogP contribution in [0.4, 0.5) is 15.9 Å². The Morgan fingerprint density at radius 2 is 2.07 bits per heavy atom. The highest BCUT2D eigenvalue weighted by molar-refractivity contribution is 7.87. The number of nitrogens with two attached hydrogens (primary N) is 1. The summed E-state index contributed by atoms with van der Waals surface area (Å²) in [4.78, 5) is 0. The number of amidine groups is 1. The highest BCUT2D eigenvalue weighted by Crippen LogP contribution is 2.27. The summed E-state index contributed by atoms with van der Waals surface area (Å²) in [5.74, 6) is 0.0175. The van der Waals surface area contributed by atoms with Gasteiger partial charge >= 0.3 is 0 Å². The van der Waals surface area contributed by atoms with Gasteiger partial charge in [0.25, 0.3) is 10.2 Å². The molecule has 164 valence electrons. The second-order valence-electron chi connectivity index (χ2n) is 7.07. The summed E-state index contributed by atoms with van der Waals surface area (Å²) in [6.07, 6.45) is 3.20. The molecule has 0 saturated heterocycles. The molecule has 30 heavy (non-hydrogen) atoms. The molecule has 0 atom stereocenters. The van der Waals surface area contributed by atoms with Gasteiger partial charge in [0.15, 0.2) is 23.1 Å². The van der Waals surface area contributed by atoms with Crippen molar-refractivity contribution in [3.05, 3.63) is 29.7 Å². The van der Waals surface area contributed by atoms with Crippen molar-refractivity contribution in [2.75, 3.05) is 24.3 Å². The first-order valence-electron chi connectivity index (χ1n) is 9.31. The lowest BCUT2D eigenvalue weighted by Gasteiger charge is -2.29. The van der Waals surface area contributed by atoms with Gasteiger partial charge in [0.05, 0.1) is 7.11 Å². The van der Waals surface area contributed by atoms with Gasteiger partial charge in [0.2, 0.25) is 5.82 Å². The largest absolute Gasteiger partial charge is 0.494 e. The average Bonchev–Trinajstić information content (AvgIpc) is 3.16. The first kappa shape index (κ1) is 21.9. The normalized spacial score (nSPS) is 19.3. The first-order valence-corrected chi connectivity index (χ1v) is 10.9. The van der Waals surface area contributed by atoms with Crippen LogP contribution in [0.3, 0.4) is 0 Å². The van der Waals surface area contributed by atoms with E-state index in [9.17, 15) is 12.8 Å². The molecule has 2 aromatic rings. The maximum Gasteiger partial charge on any atom is 0.274 e. The molecule has 1 aliphatic rings. The Hall–Kier alpha value is -2.77. The van der Waals surface area contributed by atoms with Gasteiger partial charge in [-0.1, -0.05) is 0 Å². The topological polar surface area (TPSA) is 168 Å². The molecule has 1 saturated carbocycles. The Balaban J connectivity index is 1.56. The molecule has 1 fully saturated rings. The van der Waals surface area contributed by atoms with Gasteiger partial charge in [0, 0.05) is 24.3 Å². The summed E-state index contributed by atoms with van der Waals surface area (Å²) in [5.41, 5.74) is 0.645. The Bertz CT molecular complexity index is 990. The molecule has 0 unspecified atom stereocenters. The smallest absolute Gasteiger partial charge is 0.274 e. The molecule has 1 aliphatic carbocycles. The number of methoxy groups -OCH3 is 1. The number of nitrogens with zero attached hydrogens (tertiary/aromatic N) is 2. The predicted molar refractivity (Wildman–Crippen MR) is 108 cm³/mol. The lowest BCUT2D eigenvalue weighted by molar-refractivity contribution is 0.305. The predicted octanol–water partition coefficient (Wildman–Crippen LogP) is 1.42. The molecule has 1 aromatic carbocycles. The first-order chi connectivity index (χ1) is 14.2. The molecule has 1 aromatic heterocycles. The zero-order chi connectivity index (χ0) is 21.7. The summed E-state index contributed by atoms with van der Waals surface area (Å²) in [5, 5.41) is 26.9. The Morgan fingerprint density at radius 1 is 1.33 bits per heavy atom. The molecule has 0 amide bonds. The standard InChI is InChI=1S/C17H24FN7O4S/c1-28-14-8-12(6-7-13(14)18)22-16(19)15-17(25-29-24-15)23-11-4-2-10(3-5-11)9-21-30(20,26)27/h6-8,10-11,21H,2-5,9H2,1H3,(H2,19,22)(H,23,25)(H2,20,26,27). The van der Waals surface area contributed by atoms with E-state index in [2.05, 4.69) is 25.7 Å². The van der Waals surface area contributed by atoms with E-state index in [1.807, 2.05) is 0 Å². The summed E-state index contributed by atoms with van der Waals surface area (Å²) < 4.78 is 47.6. The number of hydrogen-bond donors (Lipinski definition) is 5. The van der Waals surface area contributed by atoms with Gasteiger partial charge in [-0.15, -0.1) is 0 Å². The summed E-state index contributed by atoms with van der Waals surface area (Å²) in [6.45, 7) is 0.317. The van der Waals surface area contributed by atoms with Crippen molar-refractivity contribution < 1.29 is 22.2 Å². The van der Waals surface area contributed by atoms with E-state index in [0.717, 1.165) is 25.7 Å². The van der Waals surface area contributed by atoms with Crippen LogP contribution in [0.25, 0.3) is 0 Å². The van der Waals surface area contributed by atoms with Crippen LogP contribution in [0, 0.1) is 17.1 Å². The molecule has 0 bridgehead atoms. The van der Waals surface area contributed by atoms with E-state index in [0.29, 0.717) is 18.1 Å². The summed E-state index contributed by atoms with van der Waals surface area (Å²) in [7, 11) is -2.32. The van der Waals surface area contributed by atoms with Crippen LogP contribution in [0.2, 0.25) is 0 Å². The van der Waals surface area contributed by atoms with E-state index in [4.69, 9.17) is 19.9 Å². The second kappa shape index (κ2) is 9.36. The zero-order valence-corrected chi connectivity index (χ0v) is 17.1. The molecule has 13 heteroatoms. The minimum absolute atomic E-state index is 0.0538. The quantitative estimate of drug-likeness (QED) is 0.303. The van der Waals surface area contributed by atoms with E-state index >= 15 is 0 Å². The van der Waals surface area contributed by atoms with Gasteiger partial charge in [-0.05, 0) is 54.0 Å². The van der Waals surface area contributed by atoms with Crippen LogP contribution in [0.15, 0.2) is 22.8 Å². The minimum Gasteiger partial charge on any atom is -0.494 e. The SMILES string of the molecule is COc1cc(NC(=N)c2nonc2NC2CCC(CNS(N)(=O)=O)CC2)ccc1F. The van der Waals surface area contributed by atoms with Gasteiger partial charge < -0.3 is 15.4 Å². The molecule has 1 heterocycles. The van der Waals surface area contributed by atoms with Crippen molar-refractivity contribution in [2.45, 2.75) is 31.7 Å². The van der Waals surface area contributed by atoms with E-state index in [-0.39, 0.29) is 29.2 Å². The van der Waals surface area contributed by atoms with Crippen molar-refractivity contribution in [1.29, 1.82) is 5.41 Å². The fraction of sp³-hybridized carbons (Fsp3) is 0.471. The number of ether oxygens (including phenoxy) is 1. The fourth-order valence-electron chi connectivity index (χ4n) is 3.33. The van der Waals surface area contributed by atoms with E-state index in [1.54, 1.807) is 0 Å². The lowest BCUT2D eigenvalue weighted by atomic mass is 9.86. The third-order valence-electron chi connectivity index (χ3n) is 4.91. The zero-order valence-electron chi connectivity index (χ0n) is 16.3. The lowest BCUT2D eigenvalue weighted by Crippen LogP contribution is -2.37.